The summed E-state index contributed by atoms with van der Waals surface area (Å²) >= 11 is 0. The van der Waals surface area contributed by atoms with Gasteiger partial charge >= 0.3 is 5.97 Å². The molecule has 0 aliphatic carbocycles. The second-order valence-electron chi connectivity index (χ2n) is 4.68. The van der Waals surface area contributed by atoms with Crippen LogP contribution in [0.2, 0.25) is 0 Å². The minimum absolute atomic E-state index is 0.226. The van der Waals surface area contributed by atoms with Gasteiger partial charge in [-0.1, -0.05) is 37.3 Å². The van der Waals surface area contributed by atoms with E-state index in [1.807, 2.05) is 18.2 Å². The van der Waals surface area contributed by atoms with Crippen LogP contribution in [0.5, 0.6) is 11.5 Å². The largest absolute Gasteiger partial charge is 0.479 e. The van der Waals surface area contributed by atoms with Crippen LogP contribution in [0.1, 0.15) is 24.9 Å². The molecule has 1 amide bonds. The van der Waals surface area contributed by atoms with Crippen LogP contribution in [-0.2, 0) is 9.59 Å². The highest BCUT2D eigenvalue weighted by Gasteiger charge is 2.21. The summed E-state index contributed by atoms with van der Waals surface area (Å²) in [5.41, 5.74) is 0.461. The monoisotopic (exact) mass is 299 g/mol. The molecule has 2 aromatic rings. The van der Waals surface area contributed by atoms with Crippen molar-refractivity contribution in [3.8, 4) is 11.5 Å². The Kier molecular flexibility index (Phi) is 5.14. The van der Waals surface area contributed by atoms with Gasteiger partial charge in [0.1, 0.15) is 11.5 Å². The van der Waals surface area contributed by atoms with E-state index in [1.165, 1.54) is 0 Å². The minimum Gasteiger partial charge on any atom is -0.479 e. The maximum atomic E-state index is 11.5. The van der Waals surface area contributed by atoms with Crippen molar-refractivity contribution < 1.29 is 19.4 Å². The summed E-state index contributed by atoms with van der Waals surface area (Å²) in [6.07, 6.45) is 0.226. The predicted molar refractivity (Wildman–Crippen MR) is 81.8 cm³/mol. The number of hydrogen-bond donors (Lipinski definition) is 2. The van der Waals surface area contributed by atoms with Gasteiger partial charge in [0.2, 0.25) is 5.91 Å². The Balaban J connectivity index is 2.21. The quantitative estimate of drug-likeness (QED) is 0.859. The van der Waals surface area contributed by atoms with Crippen molar-refractivity contribution in [2.75, 3.05) is 0 Å². The van der Waals surface area contributed by atoms with Gasteiger partial charge in [0, 0.05) is 6.42 Å². The third-order valence-electron chi connectivity index (χ3n) is 3.04. The SMILES string of the molecule is CCC(=O)NC(C(=O)O)c1cccc(Oc2ccccc2)c1. The van der Waals surface area contributed by atoms with Crippen molar-refractivity contribution in [1.29, 1.82) is 0 Å². The maximum Gasteiger partial charge on any atom is 0.330 e. The molecule has 5 nitrogen and oxygen atoms in total. The molecule has 2 aromatic carbocycles. The van der Waals surface area contributed by atoms with Gasteiger partial charge in [0.05, 0.1) is 0 Å². The predicted octanol–water partition coefficient (Wildman–Crippen LogP) is 3.13. The zero-order valence-electron chi connectivity index (χ0n) is 12.2. The molecule has 0 aliphatic rings. The van der Waals surface area contributed by atoms with Crippen LogP contribution in [0.3, 0.4) is 0 Å². The van der Waals surface area contributed by atoms with E-state index in [-0.39, 0.29) is 12.3 Å². The molecular formula is C17H17NO4. The van der Waals surface area contributed by atoms with Crippen LogP contribution in [0.25, 0.3) is 0 Å². The molecule has 0 fully saturated rings. The van der Waals surface area contributed by atoms with Gasteiger partial charge in [-0.3, -0.25) is 4.79 Å². The number of nitrogens with one attached hydrogen (secondary N) is 1. The lowest BCUT2D eigenvalue weighted by Gasteiger charge is -2.15. The Morgan fingerprint density at radius 2 is 1.77 bits per heavy atom. The van der Waals surface area contributed by atoms with Crippen molar-refractivity contribution >= 4 is 11.9 Å². The third-order valence-corrected chi connectivity index (χ3v) is 3.04. The molecule has 5 heteroatoms. The minimum atomic E-state index is -1.11. The maximum absolute atomic E-state index is 11.5. The van der Waals surface area contributed by atoms with Crippen molar-refractivity contribution in [2.24, 2.45) is 0 Å². The molecule has 2 rings (SSSR count). The van der Waals surface area contributed by atoms with E-state index in [2.05, 4.69) is 5.32 Å². The Bertz CT molecular complexity index is 655. The number of carboxylic acids is 1. The molecular weight excluding hydrogens is 282 g/mol. The fourth-order valence-corrected chi connectivity index (χ4v) is 1.93. The summed E-state index contributed by atoms with van der Waals surface area (Å²) in [6, 6.07) is 14.8. The fraction of sp³-hybridized carbons (Fsp3) is 0.176. The Hall–Kier alpha value is -2.82. The number of rotatable bonds is 6. The number of hydrogen-bond acceptors (Lipinski definition) is 3. The lowest BCUT2D eigenvalue weighted by Crippen LogP contribution is -2.33. The van der Waals surface area contributed by atoms with Crippen LogP contribution < -0.4 is 10.1 Å². The lowest BCUT2D eigenvalue weighted by molar-refractivity contribution is -0.142. The smallest absolute Gasteiger partial charge is 0.330 e. The molecule has 0 spiro atoms. The number of benzene rings is 2. The molecule has 1 atom stereocenters. The highest BCUT2D eigenvalue weighted by molar-refractivity contribution is 5.84. The number of amides is 1. The number of aliphatic carboxylic acids is 1. The summed E-state index contributed by atoms with van der Waals surface area (Å²) in [5.74, 6) is -0.259. The summed E-state index contributed by atoms with van der Waals surface area (Å²) in [6.45, 7) is 1.67. The summed E-state index contributed by atoms with van der Waals surface area (Å²) in [5, 5.41) is 11.8. The number of carboxylic acid groups (broad SMARTS) is 1. The van der Waals surface area contributed by atoms with Crippen LogP contribution >= 0.6 is 0 Å². The summed E-state index contributed by atoms with van der Waals surface area (Å²) in [7, 11) is 0. The van der Waals surface area contributed by atoms with Crippen LogP contribution in [0, 0.1) is 0 Å². The van der Waals surface area contributed by atoms with E-state index in [4.69, 9.17) is 4.74 Å². The number of carbonyl (C=O) groups is 2. The Morgan fingerprint density at radius 1 is 1.09 bits per heavy atom. The average Bonchev–Trinajstić information content (AvgIpc) is 2.53. The zero-order chi connectivity index (χ0) is 15.9. The third kappa shape index (κ3) is 4.09. The molecule has 0 saturated carbocycles. The van der Waals surface area contributed by atoms with Gasteiger partial charge in [0.15, 0.2) is 6.04 Å². The van der Waals surface area contributed by atoms with Crippen LogP contribution in [0.15, 0.2) is 54.6 Å². The van der Waals surface area contributed by atoms with Crippen molar-refractivity contribution in [3.05, 3.63) is 60.2 Å². The van der Waals surface area contributed by atoms with Crippen LogP contribution in [-0.4, -0.2) is 17.0 Å². The first-order chi connectivity index (χ1) is 10.6. The van der Waals surface area contributed by atoms with Gasteiger partial charge in [-0.05, 0) is 29.8 Å². The number of para-hydroxylation sites is 1. The molecule has 0 saturated heterocycles. The van der Waals surface area contributed by atoms with Gasteiger partial charge in [-0.2, -0.15) is 0 Å². The van der Waals surface area contributed by atoms with E-state index in [0.29, 0.717) is 17.1 Å². The van der Waals surface area contributed by atoms with E-state index in [9.17, 15) is 14.7 Å². The van der Waals surface area contributed by atoms with Crippen LogP contribution in [0.4, 0.5) is 0 Å². The molecule has 0 aromatic heterocycles. The number of carbonyl (C=O) groups excluding carboxylic acids is 1. The molecule has 0 aliphatic heterocycles. The van der Waals surface area contributed by atoms with E-state index in [1.54, 1.807) is 43.3 Å². The highest BCUT2D eigenvalue weighted by Crippen LogP contribution is 2.24. The fourth-order valence-electron chi connectivity index (χ4n) is 1.93. The second-order valence-corrected chi connectivity index (χ2v) is 4.68. The van der Waals surface area contributed by atoms with Gasteiger partial charge in [-0.15, -0.1) is 0 Å². The molecule has 2 N–H and O–H groups in total. The first-order valence-corrected chi connectivity index (χ1v) is 6.95. The van der Waals surface area contributed by atoms with Gasteiger partial charge < -0.3 is 15.2 Å². The molecule has 0 radical (unpaired) electrons. The van der Waals surface area contributed by atoms with E-state index < -0.39 is 12.0 Å². The summed E-state index contributed by atoms with van der Waals surface area (Å²) in [4.78, 5) is 22.8. The molecule has 0 heterocycles. The first-order valence-electron chi connectivity index (χ1n) is 6.95. The Morgan fingerprint density at radius 3 is 2.41 bits per heavy atom. The molecule has 1 unspecified atom stereocenters. The molecule has 0 bridgehead atoms. The second kappa shape index (κ2) is 7.26. The van der Waals surface area contributed by atoms with E-state index in [0.717, 1.165) is 0 Å². The van der Waals surface area contributed by atoms with Gasteiger partial charge in [-0.25, -0.2) is 4.79 Å². The normalized spacial score (nSPS) is 11.5. The lowest BCUT2D eigenvalue weighted by atomic mass is 10.1. The zero-order valence-corrected chi connectivity index (χ0v) is 12.2. The van der Waals surface area contributed by atoms with Gasteiger partial charge in [0.25, 0.3) is 0 Å². The molecule has 22 heavy (non-hydrogen) atoms. The molecule has 114 valence electrons. The highest BCUT2D eigenvalue weighted by atomic mass is 16.5. The first kappa shape index (κ1) is 15.6. The number of ether oxygens (including phenoxy) is 1. The topological polar surface area (TPSA) is 75.6 Å². The van der Waals surface area contributed by atoms with Crippen molar-refractivity contribution in [3.63, 3.8) is 0 Å². The van der Waals surface area contributed by atoms with Crippen molar-refractivity contribution in [1.82, 2.24) is 5.32 Å². The van der Waals surface area contributed by atoms with E-state index >= 15 is 0 Å². The van der Waals surface area contributed by atoms with Crippen molar-refractivity contribution in [2.45, 2.75) is 19.4 Å². The summed E-state index contributed by atoms with van der Waals surface area (Å²) < 4.78 is 5.67. The Labute approximate surface area is 128 Å². The average molecular weight is 299 g/mol. The standard InChI is InChI=1S/C17H17NO4/c1-2-15(19)18-16(17(20)21)12-7-6-10-14(11-12)22-13-8-4-3-5-9-13/h3-11,16H,2H2,1H3,(H,18,19)(H,20,21).